The third kappa shape index (κ3) is 4.96. The van der Waals surface area contributed by atoms with Crippen molar-refractivity contribution < 1.29 is 23.5 Å². The van der Waals surface area contributed by atoms with Crippen molar-refractivity contribution in [2.75, 3.05) is 27.7 Å². The quantitative estimate of drug-likeness (QED) is 0.419. The molecule has 4 unspecified atom stereocenters. The number of carbonyl (C=O) groups excluding carboxylic acids is 3. The molecule has 0 spiro atoms. The number of nitrogens with zero attached hydrogens (tertiary/aromatic N) is 3. The smallest absolute Gasteiger partial charge is 0.322 e. The van der Waals surface area contributed by atoms with Crippen molar-refractivity contribution in [2.45, 2.75) is 33.3 Å². The number of pyridine rings is 1. The van der Waals surface area contributed by atoms with Gasteiger partial charge in [0.2, 0.25) is 11.8 Å². The number of allylic oxidation sites excluding steroid dienone is 1. The van der Waals surface area contributed by atoms with Crippen molar-refractivity contribution in [3.8, 4) is 11.1 Å². The van der Waals surface area contributed by atoms with Crippen molar-refractivity contribution in [3.63, 3.8) is 0 Å². The lowest BCUT2D eigenvalue weighted by Crippen LogP contribution is -2.57. The number of aromatic nitrogens is 1. The molecule has 2 heterocycles. The van der Waals surface area contributed by atoms with Crippen LogP contribution >= 0.6 is 0 Å². The zero-order valence-electron chi connectivity index (χ0n) is 22.8. The van der Waals surface area contributed by atoms with Crippen LogP contribution in [-0.2, 0) is 19.1 Å². The summed E-state index contributed by atoms with van der Waals surface area (Å²) in [5.41, 5.74) is 0.943. The van der Waals surface area contributed by atoms with E-state index < -0.39 is 17.5 Å². The Kier molecular flexibility index (Phi) is 7.72. The summed E-state index contributed by atoms with van der Waals surface area (Å²) in [6.45, 7) is 5.94. The second kappa shape index (κ2) is 10.7. The van der Waals surface area contributed by atoms with Crippen LogP contribution in [0.25, 0.3) is 17.2 Å². The Labute approximate surface area is 223 Å². The first kappa shape index (κ1) is 27.5. The van der Waals surface area contributed by atoms with Gasteiger partial charge in [0.15, 0.2) is 5.41 Å². The Morgan fingerprint density at radius 2 is 1.87 bits per heavy atom. The molecule has 0 bridgehead atoms. The van der Waals surface area contributed by atoms with Crippen molar-refractivity contribution in [1.29, 1.82) is 0 Å². The molecule has 2 aliphatic rings. The molecule has 1 aliphatic carbocycles. The average molecular weight is 522 g/mol. The second-order valence-corrected chi connectivity index (χ2v) is 11.0. The fraction of sp³-hybridized carbons (Fsp3) is 0.467. The Bertz CT molecular complexity index is 1240. The van der Waals surface area contributed by atoms with Gasteiger partial charge in [0.1, 0.15) is 11.9 Å². The van der Waals surface area contributed by atoms with Gasteiger partial charge in [-0.2, -0.15) is 0 Å². The summed E-state index contributed by atoms with van der Waals surface area (Å²) in [4.78, 5) is 46.9. The van der Waals surface area contributed by atoms with Crippen LogP contribution in [0.5, 0.6) is 0 Å². The summed E-state index contributed by atoms with van der Waals surface area (Å²) < 4.78 is 19.3. The molecular formula is C30H36FN3O4. The molecule has 1 aromatic carbocycles. The average Bonchev–Trinajstić information content (AvgIpc) is 3.13. The number of halogens is 1. The lowest BCUT2D eigenvalue weighted by atomic mass is 9.54. The van der Waals surface area contributed by atoms with E-state index in [1.54, 1.807) is 33.4 Å². The first-order chi connectivity index (χ1) is 18.0. The van der Waals surface area contributed by atoms with Crippen LogP contribution in [-0.4, -0.2) is 66.4 Å². The molecule has 1 aromatic heterocycles. The SMILES string of the molecule is CC1C[C@@]2(C(=O)N(C)CC(=O)N(C)C)C(=O)O[C@H](C)C2C(/C=C/c2ccc(-c3cccc(F)c3)cn2)C1C. The third-order valence-corrected chi connectivity index (χ3v) is 8.33. The summed E-state index contributed by atoms with van der Waals surface area (Å²) in [7, 11) is 4.85. The van der Waals surface area contributed by atoms with E-state index >= 15 is 0 Å². The van der Waals surface area contributed by atoms with Gasteiger partial charge in [-0.25, -0.2) is 4.39 Å². The van der Waals surface area contributed by atoms with Crippen LogP contribution in [0.15, 0.2) is 48.7 Å². The van der Waals surface area contributed by atoms with E-state index in [9.17, 15) is 18.8 Å². The Hall–Kier alpha value is -3.55. The highest BCUT2D eigenvalue weighted by atomic mass is 19.1. The van der Waals surface area contributed by atoms with Gasteiger partial charge in [-0.05, 0) is 60.9 Å². The molecule has 1 aliphatic heterocycles. The molecule has 0 N–H and O–H groups in total. The van der Waals surface area contributed by atoms with E-state index in [-0.39, 0.29) is 47.8 Å². The van der Waals surface area contributed by atoms with Crippen LogP contribution in [0.1, 0.15) is 32.9 Å². The monoisotopic (exact) mass is 521 g/mol. The van der Waals surface area contributed by atoms with E-state index in [2.05, 4.69) is 18.8 Å². The van der Waals surface area contributed by atoms with E-state index in [0.717, 1.165) is 16.8 Å². The first-order valence-electron chi connectivity index (χ1n) is 13.0. The van der Waals surface area contributed by atoms with Gasteiger partial charge in [0, 0.05) is 38.8 Å². The predicted octanol–water partition coefficient (Wildman–Crippen LogP) is 4.29. The molecule has 1 saturated carbocycles. The summed E-state index contributed by atoms with van der Waals surface area (Å²) in [5.74, 6) is -1.60. The number of esters is 1. The van der Waals surface area contributed by atoms with Gasteiger partial charge in [-0.3, -0.25) is 19.4 Å². The number of ether oxygens (including phenoxy) is 1. The van der Waals surface area contributed by atoms with Crippen LogP contribution in [0, 0.1) is 34.9 Å². The maximum atomic E-state index is 13.9. The first-order valence-corrected chi connectivity index (χ1v) is 13.0. The van der Waals surface area contributed by atoms with E-state index in [4.69, 9.17) is 4.74 Å². The lowest BCUT2D eigenvalue weighted by molar-refractivity contribution is -0.163. The number of hydrogen-bond acceptors (Lipinski definition) is 5. The number of benzene rings is 1. The van der Waals surface area contributed by atoms with E-state index in [1.807, 2.05) is 37.3 Å². The number of amides is 2. The number of likely N-dealkylation sites (N-methyl/N-ethyl adjacent to an activating group) is 2. The number of fused-ring (bicyclic) bond motifs is 1. The number of cyclic esters (lactones) is 1. The molecule has 0 radical (unpaired) electrons. The summed E-state index contributed by atoms with van der Waals surface area (Å²) in [6.07, 6.45) is 5.60. The minimum atomic E-state index is -1.34. The molecule has 7 nitrogen and oxygen atoms in total. The van der Waals surface area contributed by atoms with Gasteiger partial charge in [0.25, 0.3) is 0 Å². The molecule has 2 amide bonds. The largest absolute Gasteiger partial charge is 0.461 e. The van der Waals surface area contributed by atoms with Gasteiger partial charge in [-0.1, -0.05) is 38.1 Å². The molecule has 6 atom stereocenters. The topological polar surface area (TPSA) is 79.8 Å². The molecule has 202 valence electrons. The summed E-state index contributed by atoms with van der Waals surface area (Å²) >= 11 is 0. The highest BCUT2D eigenvalue weighted by Gasteiger charge is 2.67. The molecule has 38 heavy (non-hydrogen) atoms. The zero-order chi connectivity index (χ0) is 27.8. The van der Waals surface area contributed by atoms with Crippen molar-refractivity contribution in [2.24, 2.45) is 29.1 Å². The van der Waals surface area contributed by atoms with E-state index in [1.165, 1.54) is 21.9 Å². The zero-order valence-corrected chi connectivity index (χ0v) is 22.8. The van der Waals surface area contributed by atoms with Gasteiger partial charge >= 0.3 is 5.97 Å². The molecule has 1 saturated heterocycles. The molecule has 8 heteroatoms. The minimum Gasteiger partial charge on any atom is -0.461 e. The van der Waals surface area contributed by atoms with Crippen molar-refractivity contribution in [1.82, 2.24) is 14.8 Å². The van der Waals surface area contributed by atoms with Crippen LogP contribution in [0.2, 0.25) is 0 Å². The molecule has 2 aromatic rings. The Morgan fingerprint density at radius 1 is 1.13 bits per heavy atom. The van der Waals surface area contributed by atoms with Gasteiger partial charge < -0.3 is 14.5 Å². The molecule has 2 fully saturated rings. The fourth-order valence-electron chi connectivity index (χ4n) is 6.07. The Morgan fingerprint density at radius 3 is 2.50 bits per heavy atom. The highest BCUT2D eigenvalue weighted by Crippen LogP contribution is 2.57. The van der Waals surface area contributed by atoms with Crippen LogP contribution in [0.4, 0.5) is 4.39 Å². The fourth-order valence-corrected chi connectivity index (χ4v) is 6.07. The van der Waals surface area contributed by atoms with Crippen molar-refractivity contribution >= 4 is 23.9 Å². The third-order valence-electron chi connectivity index (χ3n) is 8.33. The van der Waals surface area contributed by atoms with Gasteiger partial charge in [-0.15, -0.1) is 0 Å². The Balaban J connectivity index is 1.63. The highest BCUT2D eigenvalue weighted by molar-refractivity contribution is 6.05. The second-order valence-electron chi connectivity index (χ2n) is 11.0. The maximum Gasteiger partial charge on any atom is 0.322 e. The van der Waals surface area contributed by atoms with E-state index in [0.29, 0.717) is 6.42 Å². The molecular weight excluding hydrogens is 485 g/mol. The van der Waals surface area contributed by atoms with Crippen molar-refractivity contribution in [3.05, 3.63) is 60.2 Å². The summed E-state index contributed by atoms with van der Waals surface area (Å²) in [5, 5.41) is 0. The molecule has 4 rings (SSSR count). The van der Waals surface area contributed by atoms with Crippen LogP contribution in [0.3, 0.4) is 0 Å². The lowest BCUT2D eigenvalue weighted by Gasteiger charge is -2.47. The minimum absolute atomic E-state index is 0.0731. The summed E-state index contributed by atoms with van der Waals surface area (Å²) in [6, 6.07) is 10.1. The standard InChI is InChI=1S/C30H36FN3O4/c1-18-15-30(28(36)34(6)17-26(35)33(4)5)27(20(3)38-29(30)37)25(19(18)2)13-12-24-11-10-22(16-32-24)21-8-7-9-23(31)14-21/h7-14,16,18-20,25,27H,15,17H2,1-6H3/b13-12+/t18?,19?,20-,25?,27?,30-/m1/s1. The normalized spacial score (nSPS) is 28.6. The van der Waals surface area contributed by atoms with Crippen LogP contribution < -0.4 is 0 Å². The predicted molar refractivity (Wildman–Crippen MR) is 143 cm³/mol. The maximum absolute atomic E-state index is 13.9. The number of hydrogen-bond donors (Lipinski definition) is 0. The number of rotatable bonds is 6. The number of carbonyl (C=O) groups is 3. The van der Waals surface area contributed by atoms with Gasteiger partial charge in [0.05, 0.1) is 12.2 Å².